The van der Waals surface area contributed by atoms with Gasteiger partial charge in [-0.05, 0) is 12.1 Å². The first-order chi connectivity index (χ1) is 7.34. The molecule has 0 aliphatic rings. The first-order valence-electron chi connectivity index (χ1n) is 4.17. The van der Waals surface area contributed by atoms with Gasteiger partial charge in [-0.25, -0.2) is 8.42 Å². The van der Waals surface area contributed by atoms with E-state index in [2.05, 4.69) is 0 Å². The van der Waals surface area contributed by atoms with Crippen LogP contribution in [-0.4, -0.2) is 26.0 Å². The summed E-state index contributed by atoms with van der Waals surface area (Å²) in [5.41, 5.74) is 0. The molecule has 1 aromatic rings. The van der Waals surface area contributed by atoms with Gasteiger partial charge in [0, 0.05) is 13.0 Å². The van der Waals surface area contributed by atoms with Crippen LogP contribution >= 0.6 is 0 Å². The fourth-order valence-corrected chi connectivity index (χ4v) is 1.53. The monoisotopic (exact) mass is 284 g/mol. The van der Waals surface area contributed by atoms with Crippen molar-refractivity contribution in [1.82, 2.24) is 0 Å². The van der Waals surface area contributed by atoms with Crippen LogP contribution in [0.1, 0.15) is 6.92 Å². The average Bonchev–Trinajstić information content (AvgIpc) is 2.15. The minimum atomic E-state index is -4.58. The molecule has 0 heterocycles. The second-order valence-corrected chi connectivity index (χ2v) is 4.24. The minimum absolute atomic E-state index is 0. The summed E-state index contributed by atoms with van der Waals surface area (Å²) in [7, 11) is -3.26. The summed E-state index contributed by atoms with van der Waals surface area (Å²) in [5, 5.41) is 0. The Labute approximate surface area is 141 Å². The third-order valence-electron chi connectivity index (χ3n) is 1.68. The Bertz CT molecular complexity index is 510. The predicted octanol–water partition coefficient (Wildman–Crippen LogP) is -2.47. The summed E-state index contributed by atoms with van der Waals surface area (Å²) < 4.78 is 41.7. The van der Waals surface area contributed by atoms with Crippen molar-refractivity contribution in [3.63, 3.8) is 0 Å². The molecule has 1 rings (SSSR count). The summed E-state index contributed by atoms with van der Waals surface area (Å²) in [6.07, 6.45) is 0. The molecule has 0 saturated carbocycles. The summed E-state index contributed by atoms with van der Waals surface area (Å²) in [6, 6.07) is 3.26. The van der Waals surface area contributed by atoms with Gasteiger partial charge in [0.2, 0.25) is 0 Å². The van der Waals surface area contributed by atoms with E-state index in [-0.39, 0.29) is 62.9 Å². The number of carbonyl (C=O) groups is 1. The SMILES string of the molecule is COc1ccc(S(=O)(=O)[O-])cc1OC(C)=O.[K+]. The molecule has 17 heavy (non-hydrogen) atoms. The van der Waals surface area contributed by atoms with Crippen molar-refractivity contribution >= 4 is 16.1 Å². The maximum atomic E-state index is 10.7. The van der Waals surface area contributed by atoms with E-state index in [1.807, 2.05) is 0 Å². The molecule has 88 valence electrons. The number of esters is 1. The van der Waals surface area contributed by atoms with Crippen molar-refractivity contribution < 1.29 is 78.6 Å². The standard InChI is InChI=1S/C9H10O6S.K/c1-6(10)15-9-5-7(16(11,12)13)3-4-8(9)14-2;/h3-5H,1-2H3,(H,11,12,13);/q;+1/p-1. The van der Waals surface area contributed by atoms with E-state index in [1.54, 1.807) is 0 Å². The fraction of sp³-hybridized carbons (Fsp3) is 0.222. The second-order valence-electron chi connectivity index (χ2n) is 2.86. The molecular formula is C9H9KO6S. The molecule has 0 N–H and O–H groups in total. The maximum Gasteiger partial charge on any atom is 1.00 e. The van der Waals surface area contributed by atoms with E-state index in [0.717, 1.165) is 19.1 Å². The molecule has 8 heteroatoms. The molecule has 0 bridgehead atoms. The largest absolute Gasteiger partial charge is 1.00 e. The summed E-state index contributed by atoms with van der Waals surface area (Å²) in [5.74, 6) is -0.576. The van der Waals surface area contributed by atoms with Crippen molar-refractivity contribution in [3.05, 3.63) is 18.2 Å². The van der Waals surface area contributed by atoms with Crippen LogP contribution in [0.3, 0.4) is 0 Å². The number of hydrogen-bond acceptors (Lipinski definition) is 6. The molecule has 0 unspecified atom stereocenters. The van der Waals surface area contributed by atoms with E-state index < -0.39 is 21.0 Å². The molecule has 1 aromatic carbocycles. The van der Waals surface area contributed by atoms with Crippen LogP contribution in [0.4, 0.5) is 0 Å². The van der Waals surface area contributed by atoms with Crippen molar-refractivity contribution in [2.24, 2.45) is 0 Å². The van der Waals surface area contributed by atoms with Crippen LogP contribution in [0, 0.1) is 0 Å². The van der Waals surface area contributed by atoms with Gasteiger partial charge < -0.3 is 14.0 Å². The Hall–Kier alpha value is 0.0364. The third-order valence-corrected chi connectivity index (χ3v) is 2.51. The van der Waals surface area contributed by atoms with Crippen LogP contribution in [0.25, 0.3) is 0 Å². The van der Waals surface area contributed by atoms with Gasteiger partial charge in [-0.2, -0.15) is 0 Å². The third kappa shape index (κ3) is 5.04. The topological polar surface area (TPSA) is 92.7 Å². The Balaban J connectivity index is 0.00000256. The molecule has 0 aliphatic carbocycles. The number of ether oxygens (including phenoxy) is 2. The van der Waals surface area contributed by atoms with Gasteiger partial charge in [0.05, 0.1) is 12.0 Å². The molecule has 0 spiro atoms. The quantitative estimate of drug-likeness (QED) is 0.264. The molecule has 0 radical (unpaired) electrons. The van der Waals surface area contributed by atoms with Crippen molar-refractivity contribution in [2.75, 3.05) is 7.11 Å². The van der Waals surface area contributed by atoms with Gasteiger partial charge in [-0.1, -0.05) is 0 Å². The Morgan fingerprint density at radius 1 is 1.29 bits per heavy atom. The number of hydrogen-bond donors (Lipinski definition) is 0. The van der Waals surface area contributed by atoms with Crippen molar-refractivity contribution in [3.8, 4) is 11.5 Å². The predicted molar refractivity (Wildman–Crippen MR) is 52.3 cm³/mol. The molecule has 0 amide bonds. The minimum Gasteiger partial charge on any atom is -0.744 e. The fourth-order valence-electron chi connectivity index (χ4n) is 1.05. The average molecular weight is 284 g/mol. The van der Waals surface area contributed by atoms with Crippen LogP contribution in [0.15, 0.2) is 23.1 Å². The first kappa shape index (κ1) is 17.0. The van der Waals surface area contributed by atoms with Crippen molar-refractivity contribution in [2.45, 2.75) is 11.8 Å². The molecule has 0 aromatic heterocycles. The molecule has 0 aliphatic heterocycles. The van der Waals surface area contributed by atoms with E-state index in [1.165, 1.54) is 13.2 Å². The number of methoxy groups -OCH3 is 1. The van der Waals surface area contributed by atoms with Crippen LogP contribution < -0.4 is 60.9 Å². The Morgan fingerprint density at radius 3 is 2.29 bits per heavy atom. The summed E-state index contributed by atoms with van der Waals surface area (Å²) in [4.78, 5) is 10.3. The zero-order valence-electron chi connectivity index (χ0n) is 9.59. The zero-order valence-corrected chi connectivity index (χ0v) is 13.5. The summed E-state index contributed by atoms with van der Waals surface area (Å²) in [6.45, 7) is 1.15. The van der Waals surface area contributed by atoms with Crippen LogP contribution in [0.5, 0.6) is 11.5 Å². The zero-order chi connectivity index (χ0) is 12.3. The Kier molecular flexibility index (Phi) is 6.85. The number of rotatable bonds is 3. The Morgan fingerprint density at radius 2 is 1.88 bits per heavy atom. The van der Waals surface area contributed by atoms with Gasteiger partial charge in [0.15, 0.2) is 11.5 Å². The van der Waals surface area contributed by atoms with Gasteiger partial charge in [0.1, 0.15) is 10.1 Å². The number of carbonyl (C=O) groups excluding carboxylic acids is 1. The molecule has 0 fully saturated rings. The second kappa shape index (κ2) is 6.83. The van der Waals surface area contributed by atoms with Gasteiger partial charge in [-0.3, -0.25) is 4.79 Å². The van der Waals surface area contributed by atoms with Crippen LogP contribution in [0.2, 0.25) is 0 Å². The molecule has 0 saturated heterocycles. The van der Waals surface area contributed by atoms with Crippen LogP contribution in [-0.2, 0) is 14.9 Å². The normalized spacial score (nSPS) is 10.3. The van der Waals surface area contributed by atoms with E-state index >= 15 is 0 Å². The van der Waals surface area contributed by atoms with Crippen molar-refractivity contribution in [1.29, 1.82) is 0 Å². The first-order valence-corrected chi connectivity index (χ1v) is 5.58. The van der Waals surface area contributed by atoms with E-state index in [4.69, 9.17) is 9.47 Å². The molecule has 6 nitrogen and oxygen atoms in total. The maximum absolute atomic E-state index is 10.7. The van der Waals surface area contributed by atoms with Gasteiger partial charge >= 0.3 is 57.4 Å². The van der Waals surface area contributed by atoms with E-state index in [9.17, 15) is 17.8 Å². The number of benzene rings is 1. The molecule has 0 atom stereocenters. The van der Waals surface area contributed by atoms with Gasteiger partial charge in [0.25, 0.3) is 0 Å². The van der Waals surface area contributed by atoms with Gasteiger partial charge in [-0.15, -0.1) is 0 Å². The smallest absolute Gasteiger partial charge is 0.744 e. The summed E-state index contributed by atoms with van der Waals surface area (Å²) >= 11 is 0. The van der Waals surface area contributed by atoms with E-state index in [0.29, 0.717) is 0 Å². The molecular weight excluding hydrogens is 275 g/mol.